The Morgan fingerprint density at radius 2 is 2.33 bits per heavy atom. The van der Waals surface area contributed by atoms with Gasteiger partial charge in [0.15, 0.2) is 11.2 Å². The van der Waals surface area contributed by atoms with Crippen molar-refractivity contribution in [1.82, 2.24) is 9.55 Å². The molecular weight excluding hydrogens is 347 g/mol. The lowest BCUT2D eigenvalue weighted by molar-refractivity contribution is 0.190. The van der Waals surface area contributed by atoms with Crippen LogP contribution in [0, 0.1) is 6.92 Å². The van der Waals surface area contributed by atoms with Gasteiger partial charge in [0.1, 0.15) is 6.73 Å². The lowest BCUT2D eigenvalue weighted by Crippen LogP contribution is -2.16. The van der Waals surface area contributed by atoms with Gasteiger partial charge in [0.25, 0.3) is 0 Å². The van der Waals surface area contributed by atoms with E-state index in [9.17, 15) is 4.79 Å². The van der Waals surface area contributed by atoms with Gasteiger partial charge in [0, 0.05) is 10.5 Å². The molecule has 18 heavy (non-hydrogen) atoms. The third-order valence-electron chi connectivity index (χ3n) is 2.13. The summed E-state index contributed by atoms with van der Waals surface area (Å²) < 4.78 is 11.3. The summed E-state index contributed by atoms with van der Waals surface area (Å²) >= 11 is 7.56. The van der Waals surface area contributed by atoms with E-state index < -0.39 is 19.2 Å². The standard InChI is InChI=1S/C8H8BrN2O5PS/c1-4-5(9)2-6-7(10-4)11(8(12)16-6)3-15-17(13,14)18/h2H,3H2,1H3,(H2,13,14,18). The fraction of sp³-hybridized carbons (Fsp3) is 0.250. The van der Waals surface area contributed by atoms with Crippen molar-refractivity contribution >= 4 is 45.7 Å². The lowest BCUT2D eigenvalue weighted by atomic mass is 10.4. The van der Waals surface area contributed by atoms with Gasteiger partial charge < -0.3 is 14.2 Å². The number of aryl methyl sites for hydroxylation is 1. The van der Waals surface area contributed by atoms with Gasteiger partial charge >= 0.3 is 12.5 Å². The van der Waals surface area contributed by atoms with E-state index in [1.165, 1.54) is 0 Å². The number of rotatable bonds is 3. The molecule has 0 saturated carbocycles. The van der Waals surface area contributed by atoms with Crippen LogP contribution in [0.4, 0.5) is 0 Å². The molecule has 7 nitrogen and oxygen atoms in total. The van der Waals surface area contributed by atoms with Crippen molar-refractivity contribution < 1.29 is 18.7 Å². The number of halogens is 1. The van der Waals surface area contributed by atoms with E-state index in [1.54, 1.807) is 13.0 Å². The van der Waals surface area contributed by atoms with E-state index >= 15 is 0 Å². The Labute approximate surface area is 114 Å². The van der Waals surface area contributed by atoms with Crippen LogP contribution in [-0.2, 0) is 23.1 Å². The summed E-state index contributed by atoms with van der Waals surface area (Å²) in [5.41, 5.74) is 1.18. The highest BCUT2D eigenvalue weighted by molar-refractivity contribution is 9.10. The zero-order valence-corrected chi connectivity index (χ0v) is 12.3. The highest BCUT2D eigenvalue weighted by Crippen LogP contribution is 2.36. The molecule has 0 spiro atoms. The minimum Gasteiger partial charge on any atom is -0.406 e. The van der Waals surface area contributed by atoms with Crippen molar-refractivity contribution in [2.75, 3.05) is 0 Å². The molecule has 2 rings (SSSR count). The second-order valence-corrected chi connectivity index (χ2v) is 6.94. The first-order valence-corrected chi connectivity index (χ1v) is 8.06. The molecule has 0 aromatic carbocycles. The Hall–Kier alpha value is -0.570. The normalized spacial score (nSPS) is 12.2. The number of aromatic nitrogens is 2. The Kier molecular flexibility index (Phi) is 3.72. The first-order chi connectivity index (χ1) is 8.28. The third kappa shape index (κ3) is 2.87. The summed E-state index contributed by atoms with van der Waals surface area (Å²) in [4.78, 5) is 33.6. The molecule has 10 heteroatoms. The van der Waals surface area contributed by atoms with Crippen LogP contribution >= 0.6 is 22.6 Å². The molecule has 2 heterocycles. The summed E-state index contributed by atoms with van der Waals surface area (Å²) in [6, 6.07) is 1.60. The fourth-order valence-electron chi connectivity index (χ4n) is 1.30. The number of oxazole rings is 1. The van der Waals surface area contributed by atoms with E-state index in [1.807, 2.05) is 0 Å². The maximum Gasteiger partial charge on any atom is 0.423 e. The van der Waals surface area contributed by atoms with Gasteiger partial charge in [0.05, 0.1) is 5.69 Å². The van der Waals surface area contributed by atoms with Crippen LogP contribution in [0.15, 0.2) is 19.8 Å². The second kappa shape index (κ2) is 4.84. The predicted octanol–water partition coefficient (Wildman–Crippen LogP) is 1.24. The Morgan fingerprint density at radius 1 is 1.67 bits per heavy atom. The van der Waals surface area contributed by atoms with Crippen LogP contribution < -0.4 is 5.76 Å². The SMILES string of the molecule is Cc1nc2c(cc1Br)oc(=O)n2COP(O)(O)=S. The van der Waals surface area contributed by atoms with Crippen LogP contribution in [0.2, 0.25) is 0 Å². The van der Waals surface area contributed by atoms with Crippen LogP contribution in [0.25, 0.3) is 11.2 Å². The molecule has 0 unspecified atom stereocenters. The second-order valence-electron chi connectivity index (χ2n) is 3.42. The van der Waals surface area contributed by atoms with Crippen LogP contribution in [0.3, 0.4) is 0 Å². The first kappa shape index (κ1) is 13.9. The van der Waals surface area contributed by atoms with Crippen molar-refractivity contribution in [3.8, 4) is 0 Å². The molecular formula is C8H8BrN2O5PS. The molecule has 0 aliphatic heterocycles. The Bertz CT molecular complexity index is 705. The monoisotopic (exact) mass is 354 g/mol. The Morgan fingerprint density at radius 3 is 2.94 bits per heavy atom. The van der Waals surface area contributed by atoms with Crippen LogP contribution in [0.1, 0.15) is 5.69 Å². The molecule has 0 fully saturated rings. The summed E-state index contributed by atoms with van der Waals surface area (Å²) in [5, 5.41) is 0. The number of nitrogens with zero attached hydrogens (tertiary/aromatic N) is 2. The maximum absolute atomic E-state index is 11.6. The smallest absolute Gasteiger partial charge is 0.406 e. The highest BCUT2D eigenvalue weighted by Gasteiger charge is 2.15. The summed E-state index contributed by atoms with van der Waals surface area (Å²) in [5.74, 6) is -0.710. The largest absolute Gasteiger partial charge is 0.423 e. The highest BCUT2D eigenvalue weighted by atomic mass is 79.9. The molecule has 0 amide bonds. The van der Waals surface area contributed by atoms with E-state index in [4.69, 9.17) is 14.2 Å². The van der Waals surface area contributed by atoms with Gasteiger partial charge in [-0.1, -0.05) is 0 Å². The van der Waals surface area contributed by atoms with E-state index in [0.717, 1.165) is 4.57 Å². The molecule has 0 aliphatic carbocycles. The molecule has 98 valence electrons. The average Bonchev–Trinajstić information content (AvgIpc) is 2.51. The number of pyridine rings is 1. The maximum atomic E-state index is 11.6. The molecule has 0 aliphatic rings. The molecule has 2 N–H and O–H groups in total. The quantitative estimate of drug-likeness (QED) is 0.800. The topological polar surface area (TPSA) is 97.7 Å². The van der Waals surface area contributed by atoms with Crippen molar-refractivity contribution in [3.05, 3.63) is 26.8 Å². The van der Waals surface area contributed by atoms with Crippen LogP contribution in [-0.4, -0.2) is 19.3 Å². The minimum absolute atomic E-state index is 0.254. The summed E-state index contributed by atoms with van der Waals surface area (Å²) in [6.07, 6.45) is 0. The van der Waals surface area contributed by atoms with Gasteiger partial charge in [-0.2, -0.15) is 0 Å². The van der Waals surface area contributed by atoms with Crippen LogP contribution in [0.5, 0.6) is 0 Å². The van der Waals surface area contributed by atoms with Crippen molar-refractivity contribution in [2.24, 2.45) is 0 Å². The van der Waals surface area contributed by atoms with Gasteiger partial charge in [-0.05, 0) is 34.7 Å². The van der Waals surface area contributed by atoms with E-state index in [2.05, 4.69) is 37.2 Å². The number of hydrogen-bond donors (Lipinski definition) is 2. The van der Waals surface area contributed by atoms with E-state index in [-0.39, 0.29) is 11.2 Å². The van der Waals surface area contributed by atoms with Crippen molar-refractivity contribution in [3.63, 3.8) is 0 Å². The van der Waals surface area contributed by atoms with Crippen molar-refractivity contribution in [2.45, 2.75) is 13.7 Å². The number of fused-ring (bicyclic) bond motifs is 1. The molecule has 0 atom stereocenters. The fourth-order valence-corrected chi connectivity index (χ4v) is 2.01. The zero-order chi connectivity index (χ0) is 13.5. The van der Waals surface area contributed by atoms with E-state index in [0.29, 0.717) is 10.2 Å². The Balaban J connectivity index is 2.50. The predicted molar refractivity (Wildman–Crippen MR) is 70.5 cm³/mol. The van der Waals surface area contributed by atoms with Gasteiger partial charge in [0.2, 0.25) is 0 Å². The van der Waals surface area contributed by atoms with Gasteiger partial charge in [-0.15, -0.1) is 0 Å². The van der Waals surface area contributed by atoms with Gasteiger partial charge in [-0.25, -0.2) is 14.3 Å². The first-order valence-electron chi connectivity index (χ1n) is 4.64. The molecule has 0 radical (unpaired) electrons. The molecule has 0 bridgehead atoms. The zero-order valence-electron chi connectivity index (χ0n) is 9.03. The number of hydrogen-bond acceptors (Lipinski definition) is 5. The molecule has 2 aromatic rings. The van der Waals surface area contributed by atoms with Crippen molar-refractivity contribution in [1.29, 1.82) is 0 Å². The summed E-state index contributed by atoms with van der Waals surface area (Å²) in [6.45, 7) is -2.51. The molecule has 0 saturated heterocycles. The minimum atomic E-state index is -3.83. The lowest BCUT2D eigenvalue weighted by Gasteiger charge is -2.08. The molecule has 2 aromatic heterocycles. The third-order valence-corrected chi connectivity index (χ3v) is 3.70. The van der Waals surface area contributed by atoms with Gasteiger partial charge in [-0.3, -0.25) is 4.52 Å². The summed E-state index contributed by atoms with van der Waals surface area (Å²) in [7, 11) is 0. The average molecular weight is 355 g/mol.